The van der Waals surface area contributed by atoms with Crippen LogP contribution < -0.4 is 4.40 Å². The van der Waals surface area contributed by atoms with E-state index in [1.807, 2.05) is 62.4 Å². The van der Waals surface area contributed by atoms with Gasteiger partial charge in [-0.1, -0.05) is 93.6 Å². The quantitative estimate of drug-likeness (QED) is 0.107. The van der Waals surface area contributed by atoms with E-state index < -0.39 is 56.0 Å². The summed E-state index contributed by atoms with van der Waals surface area (Å²) in [6.07, 6.45) is 3.69. The maximum Gasteiger partial charge on any atom is 0 e. The molecule has 1 saturated carbocycles. The molecule has 0 atom stereocenters. The van der Waals surface area contributed by atoms with Gasteiger partial charge in [-0.15, -0.1) is 12.1 Å². The van der Waals surface area contributed by atoms with Crippen LogP contribution in [-0.4, -0.2) is 23.2 Å². The van der Waals surface area contributed by atoms with Crippen molar-refractivity contribution in [2.45, 2.75) is 96.1 Å². The summed E-state index contributed by atoms with van der Waals surface area (Å²) in [7, 11) is 0. The zero-order chi connectivity index (χ0) is 47.4. The zero-order valence-electron chi connectivity index (χ0n) is 42.0. The van der Waals surface area contributed by atoms with E-state index in [0.717, 1.165) is 47.3 Å². The van der Waals surface area contributed by atoms with Crippen molar-refractivity contribution < 1.29 is 44.3 Å². The molecule has 303 valence electrons. The van der Waals surface area contributed by atoms with Crippen molar-refractivity contribution in [1.82, 2.24) is 9.97 Å². The Labute approximate surface area is 371 Å². The van der Waals surface area contributed by atoms with Crippen LogP contribution in [-0.2, 0) is 32.9 Å². The summed E-state index contributed by atoms with van der Waals surface area (Å²) in [6.45, 7) is 4.47. The number of rotatable bonds is 9. The van der Waals surface area contributed by atoms with Crippen molar-refractivity contribution in [3.05, 3.63) is 137 Å². The van der Waals surface area contributed by atoms with Crippen LogP contribution in [0.25, 0.3) is 55.6 Å². The Kier molecular flexibility index (Phi) is 10.8. The van der Waals surface area contributed by atoms with Crippen LogP contribution in [0, 0.1) is 42.5 Å². The molecule has 3 nitrogen and oxygen atoms in total. The summed E-state index contributed by atoms with van der Waals surface area (Å²) < 4.78 is 104. The van der Waals surface area contributed by atoms with Gasteiger partial charge in [-0.3, -0.25) is 4.39 Å². The number of pyridine rings is 2. The Morgan fingerprint density at radius 1 is 0.862 bits per heavy atom. The van der Waals surface area contributed by atoms with Crippen LogP contribution in [0.5, 0.6) is 0 Å². The van der Waals surface area contributed by atoms with Crippen LogP contribution in [0.3, 0.4) is 0 Å². The number of hydrogen-bond acceptors (Lipinski definition) is 3. The molecule has 0 saturated heterocycles. The zero-order valence-corrected chi connectivity index (χ0v) is 38.5. The number of aromatic nitrogens is 2. The first-order chi connectivity index (χ1) is 30.3. The fraction of sp³-hybridized carbons (Fsp3) is 0.333. The van der Waals surface area contributed by atoms with Crippen molar-refractivity contribution >= 4 is 39.6 Å². The molecule has 4 aromatic carbocycles. The Balaban J connectivity index is 0.000000229. The number of hydrogen-bond donors (Lipinski definition) is 0. The summed E-state index contributed by atoms with van der Waals surface area (Å²) >= 11 is -2.46. The smallest absolute Gasteiger partial charge is 0 e. The molecule has 0 N–H and O–H groups in total. The van der Waals surface area contributed by atoms with Crippen LogP contribution in [0.2, 0.25) is 17.3 Å². The second-order valence-electron chi connectivity index (χ2n) is 16.4. The maximum absolute atomic E-state index is 15.2. The number of nitrogens with zero attached hydrogens (tertiary/aromatic N) is 2. The third-order valence-electron chi connectivity index (χ3n) is 10.4. The van der Waals surface area contributed by atoms with E-state index in [1.54, 1.807) is 38.4 Å². The number of benzene rings is 4. The summed E-state index contributed by atoms with van der Waals surface area (Å²) in [5.74, 6) is 3.77. The van der Waals surface area contributed by atoms with E-state index in [1.165, 1.54) is 12.1 Å². The summed E-state index contributed by atoms with van der Waals surface area (Å²) in [5.41, 5.74) is 5.26. The molecule has 0 spiro atoms. The summed E-state index contributed by atoms with van der Waals surface area (Å²) in [6, 6.07) is 28.5. The molecule has 7 heteroatoms. The fourth-order valence-corrected chi connectivity index (χ4v) is 10.4. The largest absolute Gasteiger partial charge is 0 e. The Hall–Kier alpha value is -3.97. The minimum Gasteiger partial charge on any atom is 0 e. The molecule has 0 amide bonds. The van der Waals surface area contributed by atoms with E-state index in [0.29, 0.717) is 49.9 Å². The first-order valence-electron chi connectivity index (χ1n) is 23.7. The van der Waals surface area contributed by atoms with Gasteiger partial charge in [0.25, 0.3) is 0 Å². The van der Waals surface area contributed by atoms with E-state index >= 15 is 4.39 Å². The molecule has 1 aliphatic rings. The van der Waals surface area contributed by atoms with Gasteiger partial charge >= 0.3 is 143 Å². The Bertz CT molecular complexity index is 2870. The third kappa shape index (κ3) is 9.56. The third-order valence-corrected chi connectivity index (χ3v) is 14.6. The van der Waals surface area contributed by atoms with Gasteiger partial charge in [-0.05, 0) is 57.6 Å². The van der Waals surface area contributed by atoms with Crippen molar-refractivity contribution in [2.24, 2.45) is 11.8 Å². The van der Waals surface area contributed by atoms with Gasteiger partial charge in [0, 0.05) is 41.6 Å². The summed E-state index contributed by atoms with van der Waals surface area (Å²) in [5, 5.41) is 1.03. The van der Waals surface area contributed by atoms with Crippen molar-refractivity contribution in [2.75, 3.05) is 0 Å². The minimum absolute atomic E-state index is 0. The molecular formula is C51H54F2GeIrN2O-2. The molecular weight excluding hydrogens is 959 g/mol. The SMILES string of the molecule is [2H]C(C)(C)c1cnc(-c2[c-]cc(F)c3c2oc2cc(-c4ccccc4)ccc23)cc1C([2H])([2H])C1CCCC1.[2H]C([2H])([2H])c1c(-c2cc(C([2H])([2H])C(C)C)[c]([Ge]([CH3])([CH3])[CH3])cn2)[c-]ccc1F.[Ir]. The van der Waals surface area contributed by atoms with Gasteiger partial charge in [0.15, 0.2) is 0 Å². The fourth-order valence-electron chi connectivity index (χ4n) is 7.48. The average molecular weight is 1020 g/mol. The maximum atomic E-state index is 15.2. The average Bonchev–Trinajstić information content (AvgIpc) is 3.93. The van der Waals surface area contributed by atoms with Crippen molar-refractivity contribution in [1.29, 1.82) is 0 Å². The molecule has 0 unspecified atom stereocenters. The van der Waals surface area contributed by atoms with Gasteiger partial charge in [-0.25, -0.2) is 0 Å². The normalized spacial score (nSPS) is 16.2. The van der Waals surface area contributed by atoms with Crippen LogP contribution in [0.4, 0.5) is 8.78 Å². The molecule has 0 bridgehead atoms. The number of furan rings is 1. The molecule has 0 aliphatic heterocycles. The molecule has 3 heterocycles. The van der Waals surface area contributed by atoms with E-state index in [2.05, 4.69) is 39.4 Å². The van der Waals surface area contributed by atoms with Gasteiger partial charge in [0.2, 0.25) is 0 Å². The van der Waals surface area contributed by atoms with E-state index in [9.17, 15) is 4.39 Å². The number of fused-ring (bicyclic) bond motifs is 3. The second kappa shape index (κ2) is 18.5. The van der Waals surface area contributed by atoms with Crippen molar-refractivity contribution in [3.63, 3.8) is 0 Å². The van der Waals surface area contributed by atoms with Crippen LogP contribution in [0.15, 0.2) is 95.7 Å². The summed E-state index contributed by atoms with van der Waals surface area (Å²) in [4.78, 5) is 9.03. The molecule has 8 rings (SSSR count). The predicted molar refractivity (Wildman–Crippen MR) is 236 cm³/mol. The number of halogens is 2. The second-order valence-corrected chi connectivity index (χ2v) is 26.9. The molecule has 1 aliphatic carbocycles. The van der Waals surface area contributed by atoms with E-state index in [4.69, 9.17) is 15.4 Å². The Morgan fingerprint density at radius 3 is 2.26 bits per heavy atom. The molecule has 1 fully saturated rings. The van der Waals surface area contributed by atoms with Gasteiger partial charge in [0.1, 0.15) is 5.58 Å². The van der Waals surface area contributed by atoms with Crippen LogP contribution >= 0.6 is 0 Å². The molecule has 58 heavy (non-hydrogen) atoms. The predicted octanol–water partition coefficient (Wildman–Crippen LogP) is 13.8. The standard InChI is InChI=1S/C32H29FNO.C19H25FGeN.Ir/c1-20(2)27-19-34-29(17-24(27)16-21-8-6-7-9-21)25-14-15-28(33)31-26-13-12-23(18-30(26)35-32(25)31)22-10-4-3-5-11-22;1-13(2)10-15-11-19(22-12-18(15)21(4,5)6)16-8-7-9-17(20)14(16)3;/h3-5,10-13,15,17-21H,6-9,16H2,1-2H3;7,9,11-13H,10H2,1-6H3;/q2*-1;/i16D2,20D;3D3,10D2;. The topological polar surface area (TPSA) is 38.9 Å². The van der Waals surface area contributed by atoms with Crippen LogP contribution in [0.1, 0.15) is 92.5 Å². The first kappa shape index (κ1) is 33.8. The minimum atomic E-state index is -2.66. The van der Waals surface area contributed by atoms with Crippen molar-refractivity contribution in [3.8, 4) is 33.6 Å². The van der Waals surface area contributed by atoms with Gasteiger partial charge < -0.3 is 9.40 Å². The first-order valence-corrected chi connectivity index (χ1v) is 27.0. The molecule has 7 aromatic rings. The van der Waals surface area contributed by atoms with Gasteiger partial charge in [0.05, 0.1) is 5.58 Å². The monoisotopic (exact) mass is 1020 g/mol. The molecule has 3 aromatic heterocycles. The Morgan fingerprint density at radius 2 is 1.57 bits per heavy atom. The van der Waals surface area contributed by atoms with E-state index in [-0.39, 0.29) is 43.2 Å². The molecule has 1 radical (unpaired) electrons. The van der Waals surface area contributed by atoms with Gasteiger partial charge in [-0.2, -0.15) is 0 Å².